The summed E-state index contributed by atoms with van der Waals surface area (Å²) in [5, 5.41) is 4.34. The van der Waals surface area contributed by atoms with Gasteiger partial charge in [0.1, 0.15) is 5.82 Å². The Morgan fingerprint density at radius 3 is 2.08 bits per heavy atom. The monoisotopic (exact) mass is 517 g/mol. The van der Waals surface area contributed by atoms with Crippen molar-refractivity contribution in [3.05, 3.63) is 139 Å². The second kappa shape index (κ2) is 9.79. The number of imidazole rings is 1. The van der Waals surface area contributed by atoms with Crippen LogP contribution in [0.15, 0.2) is 128 Å². The summed E-state index contributed by atoms with van der Waals surface area (Å²) in [6, 6.07) is 39.8. The lowest BCUT2D eigenvalue weighted by atomic mass is 9.95. The molecular weight excluding hydrogens is 490 g/mol. The number of pyridine rings is 1. The van der Waals surface area contributed by atoms with Crippen LogP contribution in [0.4, 0.5) is 0 Å². The lowest BCUT2D eigenvalue weighted by Gasteiger charge is -2.15. The first kappa shape index (κ1) is 23.8. The molecule has 0 saturated heterocycles. The number of para-hydroxylation sites is 1. The average Bonchev–Trinajstić information content (AvgIpc) is 3.66. The molecule has 0 aliphatic heterocycles. The van der Waals surface area contributed by atoms with E-state index in [0.29, 0.717) is 0 Å². The van der Waals surface area contributed by atoms with E-state index >= 15 is 0 Å². The maximum absolute atomic E-state index is 5.20. The fraction of sp³-hybridized carbons (Fsp3) is 0.0571. The van der Waals surface area contributed by atoms with Crippen molar-refractivity contribution < 1.29 is 0 Å². The highest BCUT2D eigenvalue weighted by Gasteiger charge is 2.19. The molecule has 0 unspecified atom stereocenters. The Kier molecular flexibility index (Phi) is 5.82. The van der Waals surface area contributed by atoms with Crippen LogP contribution in [0.5, 0.6) is 0 Å². The third-order valence-electron chi connectivity index (χ3n) is 7.30. The lowest BCUT2D eigenvalue weighted by molar-refractivity contribution is 0.848. The van der Waals surface area contributed by atoms with Gasteiger partial charge in [-0.1, -0.05) is 72.8 Å². The average molecular weight is 518 g/mol. The highest BCUT2D eigenvalue weighted by Crippen LogP contribution is 2.36. The molecule has 40 heavy (non-hydrogen) atoms. The standard InChI is InChI=1S/C35H27N5/c1-24-21-28(26-11-5-3-6-12-26)22-25(2)34(24)35-38-31-18-17-27(23-32(31)40(35)29-13-7-4-8-14-29)30-15-9-16-33(37-30)39-20-10-19-36-39/h3-23H,1-2H3. The van der Waals surface area contributed by atoms with Crippen LogP contribution < -0.4 is 0 Å². The quantitative estimate of drug-likeness (QED) is 0.231. The Hall–Kier alpha value is -5.29. The summed E-state index contributed by atoms with van der Waals surface area (Å²) < 4.78 is 4.05. The maximum Gasteiger partial charge on any atom is 0.153 e. The molecule has 0 fully saturated rings. The number of fused-ring (bicyclic) bond motifs is 1. The molecule has 192 valence electrons. The molecule has 0 aliphatic carbocycles. The Balaban J connectivity index is 1.42. The fourth-order valence-corrected chi connectivity index (χ4v) is 5.47. The van der Waals surface area contributed by atoms with E-state index in [1.165, 1.54) is 22.3 Å². The van der Waals surface area contributed by atoms with Gasteiger partial charge in [-0.3, -0.25) is 4.57 Å². The largest absolute Gasteiger partial charge is 0.292 e. The van der Waals surface area contributed by atoms with E-state index < -0.39 is 0 Å². The zero-order valence-electron chi connectivity index (χ0n) is 22.4. The maximum atomic E-state index is 5.20. The molecule has 7 rings (SSSR count). The van der Waals surface area contributed by atoms with Crippen LogP contribution in [0.2, 0.25) is 0 Å². The van der Waals surface area contributed by atoms with Crippen molar-refractivity contribution in [2.24, 2.45) is 0 Å². The van der Waals surface area contributed by atoms with E-state index in [1.54, 1.807) is 10.9 Å². The molecule has 5 nitrogen and oxygen atoms in total. The Morgan fingerprint density at radius 1 is 0.600 bits per heavy atom. The predicted molar refractivity (Wildman–Crippen MR) is 162 cm³/mol. The second-order valence-electron chi connectivity index (χ2n) is 9.99. The Labute approximate surface area is 233 Å². The van der Waals surface area contributed by atoms with E-state index in [-0.39, 0.29) is 0 Å². The summed E-state index contributed by atoms with van der Waals surface area (Å²) in [4.78, 5) is 10.1. The van der Waals surface area contributed by atoms with Gasteiger partial charge in [0.05, 0.1) is 16.7 Å². The SMILES string of the molecule is Cc1cc(-c2ccccc2)cc(C)c1-c1nc2ccc(-c3cccc(-n4cccn4)n3)cc2n1-c1ccccc1. The summed E-state index contributed by atoms with van der Waals surface area (Å²) in [6.07, 6.45) is 3.66. The van der Waals surface area contributed by atoms with Gasteiger partial charge in [-0.25, -0.2) is 14.6 Å². The molecule has 4 aromatic carbocycles. The summed E-state index contributed by atoms with van der Waals surface area (Å²) in [5.74, 6) is 1.72. The van der Waals surface area contributed by atoms with Gasteiger partial charge in [0.2, 0.25) is 0 Å². The summed E-state index contributed by atoms with van der Waals surface area (Å²) in [5.41, 5.74) is 10.9. The van der Waals surface area contributed by atoms with Crippen LogP contribution >= 0.6 is 0 Å². The topological polar surface area (TPSA) is 48.5 Å². The Morgan fingerprint density at radius 2 is 1.35 bits per heavy atom. The van der Waals surface area contributed by atoms with Crippen molar-refractivity contribution in [2.45, 2.75) is 13.8 Å². The van der Waals surface area contributed by atoms with Gasteiger partial charge in [-0.15, -0.1) is 0 Å². The van der Waals surface area contributed by atoms with Crippen LogP contribution in [0, 0.1) is 13.8 Å². The smallest absolute Gasteiger partial charge is 0.153 e. The van der Waals surface area contributed by atoms with Crippen LogP contribution in [0.3, 0.4) is 0 Å². The van der Waals surface area contributed by atoms with E-state index in [4.69, 9.17) is 9.97 Å². The zero-order valence-corrected chi connectivity index (χ0v) is 22.4. The third kappa shape index (κ3) is 4.18. The van der Waals surface area contributed by atoms with Gasteiger partial charge < -0.3 is 0 Å². The van der Waals surface area contributed by atoms with Crippen LogP contribution in [0.1, 0.15) is 11.1 Å². The molecule has 0 bridgehead atoms. The summed E-state index contributed by atoms with van der Waals surface area (Å²) >= 11 is 0. The van der Waals surface area contributed by atoms with Gasteiger partial charge in [0.15, 0.2) is 5.82 Å². The van der Waals surface area contributed by atoms with Crippen molar-refractivity contribution in [1.29, 1.82) is 0 Å². The minimum Gasteiger partial charge on any atom is -0.292 e. The first-order chi connectivity index (χ1) is 19.7. The van der Waals surface area contributed by atoms with Crippen molar-refractivity contribution in [3.8, 4) is 45.3 Å². The van der Waals surface area contributed by atoms with Gasteiger partial charge in [-0.05, 0) is 78.6 Å². The molecule has 3 heterocycles. The molecular formula is C35H27N5. The van der Waals surface area contributed by atoms with Crippen molar-refractivity contribution in [3.63, 3.8) is 0 Å². The number of hydrogen-bond acceptors (Lipinski definition) is 3. The normalized spacial score (nSPS) is 11.2. The van der Waals surface area contributed by atoms with Crippen LogP contribution in [-0.4, -0.2) is 24.3 Å². The van der Waals surface area contributed by atoms with E-state index in [1.807, 2.05) is 36.5 Å². The highest BCUT2D eigenvalue weighted by molar-refractivity contribution is 5.88. The molecule has 0 atom stereocenters. The van der Waals surface area contributed by atoms with Crippen molar-refractivity contribution >= 4 is 11.0 Å². The lowest BCUT2D eigenvalue weighted by Crippen LogP contribution is -2.01. The Bertz CT molecular complexity index is 1930. The van der Waals surface area contributed by atoms with Gasteiger partial charge in [0, 0.05) is 29.2 Å². The molecule has 0 radical (unpaired) electrons. The molecule has 0 N–H and O–H groups in total. The molecule has 3 aromatic heterocycles. The number of benzene rings is 4. The molecule has 7 aromatic rings. The molecule has 0 amide bonds. The predicted octanol–water partition coefficient (Wildman–Crippen LogP) is 8.22. The summed E-state index contributed by atoms with van der Waals surface area (Å²) in [7, 11) is 0. The van der Waals surface area contributed by atoms with E-state index in [9.17, 15) is 0 Å². The number of nitrogens with zero attached hydrogens (tertiary/aromatic N) is 5. The van der Waals surface area contributed by atoms with E-state index in [0.717, 1.165) is 45.2 Å². The highest BCUT2D eigenvalue weighted by atomic mass is 15.3. The minimum absolute atomic E-state index is 0.782. The number of aromatic nitrogens is 5. The third-order valence-corrected chi connectivity index (χ3v) is 7.30. The fourth-order valence-electron chi connectivity index (χ4n) is 5.47. The van der Waals surface area contributed by atoms with Crippen LogP contribution in [-0.2, 0) is 0 Å². The van der Waals surface area contributed by atoms with E-state index in [2.05, 4.69) is 108 Å². The minimum atomic E-state index is 0.782. The number of rotatable bonds is 5. The van der Waals surface area contributed by atoms with Gasteiger partial charge in [-0.2, -0.15) is 5.10 Å². The van der Waals surface area contributed by atoms with Crippen molar-refractivity contribution in [1.82, 2.24) is 24.3 Å². The van der Waals surface area contributed by atoms with Gasteiger partial charge >= 0.3 is 0 Å². The first-order valence-electron chi connectivity index (χ1n) is 13.4. The second-order valence-corrected chi connectivity index (χ2v) is 9.99. The number of aryl methyl sites for hydroxylation is 2. The number of hydrogen-bond donors (Lipinski definition) is 0. The van der Waals surface area contributed by atoms with Crippen molar-refractivity contribution in [2.75, 3.05) is 0 Å². The van der Waals surface area contributed by atoms with Crippen LogP contribution in [0.25, 0.3) is 56.3 Å². The first-order valence-corrected chi connectivity index (χ1v) is 13.4. The zero-order chi connectivity index (χ0) is 27.1. The molecule has 0 saturated carbocycles. The van der Waals surface area contributed by atoms with Gasteiger partial charge in [0.25, 0.3) is 0 Å². The molecule has 0 spiro atoms. The molecule has 0 aliphatic rings. The molecule has 5 heteroatoms. The summed E-state index contributed by atoms with van der Waals surface area (Å²) in [6.45, 7) is 4.36.